The molecule has 12 heavy (non-hydrogen) atoms. The Labute approximate surface area is 73.1 Å². The average Bonchev–Trinajstić information content (AvgIpc) is 2.30. The summed E-state index contributed by atoms with van der Waals surface area (Å²) in [6.07, 6.45) is 1.74. The van der Waals surface area contributed by atoms with Gasteiger partial charge in [0.2, 0.25) is 0 Å². The number of β-amino-alcohol motifs (C(OH)–C–C–N with tert-alkyl or cyclic N) is 1. The quantitative estimate of drug-likeness (QED) is 0.631. The number of nitrogens with zero attached hydrogens (tertiary/aromatic N) is 1. The number of hydrogen-bond donors (Lipinski definition) is 1. The molecule has 0 unspecified atom stereocenters. The van der Waals surface area contributed by atoms with Crippen molar-refractivity contribution in [3.63, 3.8) is 0 Å². The summed E-state index contributed by atoms with van der Waals surface area (Å²) in [4.78, 5) is 1.98. The minimum Gasteiger partial charge on any atom is -0.392 e. The number of aliphatic hydroxyl groups excluding tert-OH is 1. The highest BCUT2D eigenvalue weighted by Crippen LogP contribution is 2.07. The fraction of sp³-hybridized carbons (Fsp3) is 1.00. The van der Waals surface area contributed by atoms with Gasteiger partial charge in [-0.25, -0.2) is 8.42 Å². The predicted molar refractivity (Wildman–Crippen MR) is 46.8 cm³/mol. The van der Waals surface area contributed by atoms with Gasteiger partial charge in [0.1, 0.15) is 9.84 Å². The summed E-state index contributed by atoms with van der Waals surface area (Å²) in [5, 5.41) is 9.14. The Morgan fingerprint density at radius 3 is 2.67 bits per heavy atom. The minimum absolute atomic E-state index is 0.194. The molecule has 1 atom stereocenters. The van der Waals surface area contributed by atoms with Crippen molar-refractivity contribution >= 4 is 9.84 Å². The molecule has 0 aromatic heterocycles. The van der Waals surface area contributed by atoms with E-state index in [4.69, 9.17) is 5.11 Å². The summed E-state index contributed by atoms with van der Waals surface area (Å²) >= 11 is 0. The van der Waals surface area contributed by atoms with Crippen LogP contribution in [0.1, 0.15) is 6.42 Å². The maximum Gasteiger partial charge on any atom is 0.148 e. The van der Waals surface area contributed by atoms with E-state index < -0.39 is 9.84 Å². The van der Waals surface area contributed by atoms with Gasteiger partial charge in [-0.05, 0) is 6.42 Å². The first kappa shape index (κ1) is 9.95. The van der Waals surface area contributed by atoms with E-state index >= 15 is 0 Å². The molecule has 1 aliphatic rings. The van der Waals surface area contributed by atoms with Crippen LogP contribution >= 0.6 is 0 Å². The lowest BCUT2D eigenvalue weighted by Crippen LogP contribution is -2.27. The van der Waals surface area contributed by atoms with Crippen molar-refractivity contribution in [3.05, 3.63) is 0 Å². The van der Waals surface area contributed by atoms with Gasteiger partial charge >= 0.3 is 0 Å². The van der Waals surface area contributed by atoms with Crippen LogP contribution in [-0.4, -0.2) is 56.2 Å². The van der Waals surface area contributed by atoms with Crippen molar-refractivity contribution in [2.45, 2.75) is 12.5 Å². The number of sulfone groups is 1. The number of hydrogen-bond acceptors (Lipinski definition) is 4. The highest BCUT2D eigenvalue weighted by Gasteiger charge is 2.20. The Morgan fingerprint density at radius 1 is 1.58 bits per heavy atom. The Balaban J connectivity index is 2.25. The van der Waals surface area contributed by atoms with Gasteiger partial charge in [-0.1, -0.05) is 0 Å². The molecule has 1 rings (SSSR count). The van der Waals surface area contributed by atoms with Gasteiger partial charge in [0, 0.05) is 25.9 Å². The third-order valence-electron chi connectivity index (χ3n) is 2.03. The molecule has 1 fully saturated rings. The summed E-state index contributed by atoms with van der Waals surface area (Å²) in [5.41, 5.74) is 0. The van der Waals surface area contributed by atoms with E-state index in [0.29, 0.717) is 13.1 Å². The molecule has 4 nitrogen and oxygen atoms in total. The largest absolute Gasteiger partial charge is 0.392 e. The smallest absolute Gasteiger partial charge is 0.148 e. The number of rotatable bonds is 3. The van der Waals surface area contributed by atoms with Crippen LogP contribution in [0.4, 0.5) is 0 Å². The van der Waals surface area contributed by atoms with Crippen LogP contribution in [0.5, 0.6) is 0 Å². The molecule has 1 saturated heterocycles. The van der Waals surface area contributed by atoms with Gasteiger partial charge in [-0.3, -0.25) is 4.90 Å². The summed E-state index contributed by atoms with van der Waals surface area (Å²) < 4.78 is 21.6. The summed E-state index contributed by atoms with van der Waals surface area (Å²) in [7, 11) is -2.85. The Morgan fingerprint density at radius 2 is 2.25 bits per heavy atom. The fourth-order valence-corrected chi connectivity index (χ4v) is 1.90. The fourth-order valence-electron chi connectivity index (χ4n) is 1.31. The van der Waals surface area contributed by atoms with Crippen LogP contribution in [0.3, 0.4) is 0 Å². The SMILES string of the molecule is CS(=O)(=O)CCN1CC[C@@H](O)C1. The second-order valence-corrected chi connectivity index (χ2v) is 5.63. The summed E-state index contributed by atoms with van der Waals surface area (Å²) in [5.74, 6) is 0.194. The third-order valence-corrected chi connectivity index (χ3v) is 2.95. The minimum atomic E-state index is -2.85. The zero-order chi connectivity index (χ0) is 9.19. The molecule has 1 heterocycles. The summed E-state index contributed by atoms with van der Waals surface area (Å²) in [6, 6.07) is 0. The van der Waals surface area contributed by atoms with E-state index in [-0.39, 0.29) is 11.9 Å². The van der Waals surface area contributed by atoms with Gasteiger partial charge < -0.3 is 5.11 Å². The zero-order valence-electron chi connectivity index (χ0n) is 7.23. The van der Waals surface area contributed by atoms with E-state index in [0.717, 1.165) is 13.0 Å². The van der Waals surface area contributed by atoms with Crippen LogP contribution < -0.4 is 0 Å². The molecular formula is C7H15NO3S. The molecule has 5 heteroatoms. The van der Waals surface area contributed by atoms with Crippen molar-refractivity contribution in [1.82, 2.24) is 4.90 Å². The normalized spacial score (nSPS) is 26.3. The van der Waals surface area contributed by atoms with E-state index in [1.807, 2.05) is 4.90 Å². The first-order valence-electron chi connectivity index (χ1n) is 4.05. The van der Waals surface area contributed by atoms with Crippen LogP contribution in [0, 0.1) is 0 Å². The lowest BCUT2D eigenvalue weighted by atomic mass is 10.3. The lowest BCUT2D eigenvalue weighted by Gasteiger charge is -2.13. The van der Waals surface area contributed by atoms with Crippen LogP contribution in [-0.2, 0) is 9.84 Å². The molecule has 0 saturated carbocycles. The monoisotopic (exact) mass is 193 g/mol. The highest BCUT2D eigenvalue weighted by molar-refractivity contribution is 7.90. The lowest BCUT2D eigenvalue weighted by molar-refractivity contribution is 0.178. The van der Waals surface area contributed by atoms with Gasteiger partial charge in [0.05, 0.1) is 11.9 Å². The Kier molecular flexibility index (Phi) is 3.09. The highest BCUT2D eigenvalue weighted by atomic mass is 32.2. The topological polar surface area (TPSA) is 57.6 Å². The van der Waals surface area contributed by atoms with E-state index in [2.05, 4.69) is 0 Å². The van der Waals surface area contributed by atoms with Gasteiger partial charge in [-0.15, -0.1) is 0 Å². The molecule has 0 aliphatic carbocycles. The maximum atomic E-state index is 10.8. The van der Waals surface area contributed by atoms with E-state index in [1.54, 1.807) is 0 Å². The van der Waals surface area contributed by atoms with Crippen LogP contribution in [0.2, 0.25) is 0 Å². The molecule has 0 aromatic rings. The predicted octanol–water partition coefficient (Wildman–Crippen LogP) is -0.902. The van der Waals surface area contributed by atoms with Gasteiger partial charge in [0.25, 0.3) is 0 Å². The second kappa shape index (κ2) is 3.72. The molecule has 0 bridgehead atoms. The third kappa shape index (κ3) is 3.51. The molecule has 1 N–H and O–H groups in total. The Hall–Kier alpha value is -0.130. The molecule has 1 aliphatic heterocycles. The van der Waals surface area contributed by atoms with Gasteiger partial charge in [0.15, 0.2) is 0 Å². The molecule has 0 aromatic carbocycles. The summed E-state index contributed by atoms with van der Waals surface area (Å²) in [6.45, 7) is 1.99. The standard InChI is InChI=1S/C7H15NO3S/c1-12(10,11)5-4-8-3-2-7(9)6-8/h7,9H,2-6H2,1H3/t7-/m1/s1. The second-order valence-electron chi connectivity index (χ2n) is 3.37. The zero-order valence-corrected chi connectivity index (χ0v) is 8.05. The molecule has 0 spiro atoms. The average molecular weight is 193 g/mol. The van der Waals surface area contributed by atoms with Crippen molar-refractivity contribution in [2.75, 3.05) is 31.6 Å². The first-order chi connectivity index (χ1) is 5.47. The molecule has 0 radical (unpaired) electrons. The van der Waals surface area contributed by atoms with Crippen molar-refractivity contribution in [3.8, 4) is 0 Å². The van der Waals surface area contributed by atoms with Crippen LogP contribution in [0.25, 0.3) is 0 Å². The van der Waals surface area contributed by atoms with Crippen LogP contribution in [0.15, 0.2) is 0 Å². The van der Waals surface area contributed by atoms with Gasteiger partial charge in [-0.2, -0.15) is 0 Å². The number of aliphatic hydroxyl groups is 1. The van der Waals surface area contributed by atoms with Crippen molar-refractivity contribution in [1.29, 1.82) is 0 Å². The maximum absolute atomic E-state index is 10.8. The molecular weight excluding hydrogens is 178 g/mol. The van der Waals surface area contributed by atoms with E-state index in [9.17, 15) is 8.42 Å². The van der Waals surface area contributed by atoms with Crippen molar-refractivity contribution < 1.29 is 13.5 Å². The number of likely N-dealkylation sites (tertiary alicyclic amines) is 1. The molecule has 0 amide bonds. The Bertz CT molecular complexity index is 237. The van der Waals surface area contributed by atoms with E-state index in [1.165, 1.54) is 6.26 Å². The first-order valence-corrected chi connectivity index (χ1v) is 6.11. The molecule has 72 valence electrons. The van der Waals surface area contributed by atoms with Crippen molar-refractivity contribution in [2.24, 2.45) is 0 Å².